The fourth-order valence-corrected chi connectivity index (χ4v) is 6.23. The Hall–Kier alpha value is -7.31. The van der Waals surface area contributed by atoms with E-state index in [1.54, 1.807) is 24.3 Å². The lowest BCUT2D eigenvalue weighted by Gasteiger charge is -2.39. The molecule has 0 unspecified atom stereocenters. The SMILES string of the molecule is NC(=O)NCCC[C@H](NC(=O)C1(C(=O)NCCCCCN2C(=O)C=CC2=O)CCC1)C(=O)Nc1ccc(COC(=O)Nc2cc(/C=C/C(=O)O)ccc2/C=C/C(=O)O)cc1. The van der Waals surface area contributed by atoms with E-state index in [1.807, 2.05) is 0 Å². The summed E-state index contributed by atoms with van der Waals surface area (Å²) in [6.45, 7) is 0.478. The van der Waals surface area contributed by atoms with Gasteiger partial charge in [-0.3, -0.25) is 34.2 Å². The molecule has 1 aliphatic heterocycles. The molecule has 19 heteroatoms. The van der Waals surface area contributed by atoms with Crippen LogP contribution in [0.1, 0.15) is 68.1 Å². The standard InChI is InChI=1S/C41H47N7O12/c42-39(58)44-22-4-6-30(46-38(57)41(19-5-20-41)37(56)43-21-2-1-3-23-48-32(49)15-16-33(48)50)36(55)45-29-13-8-27(9-14-29)25-60-40(59)47-31-24-26(10-17-34(51)52)7-11-28(31)12-18-35(53)54/h7-18,24,30H,1-6,19-23,25H2,(H,43,56)(H,45,55)(H,46,57)(H,47,59)(H,51,52)(H,53,54)(H3,42,44,58)/b17-10+,18-12+/t30-/m0/s1. The number of hydrogen-bond donors (Lipinski definition) is 8. The van der Waals surface area contributed by atoms with Gasteiger partial charge in [-0.15, -0.1) is 0 Å². The second kappa shape index (κ2) is 22.0. The summed E-state index contributed by atoms with van der Waals surface area (Å²) in [7, 11) is 0. The monoisotopic (exact) mass is 829 g/mol. The number of urea groups is 1. The average molecular weight is 830 g/mol. The van der Waals surface area contributed by atoms with E-state index in [4.69, 9.17) is 20.7 Å². The van der Waals surface area contributed by atoms with Crippen LogP contribution >= 0.6 is 0 Å². The number of carbonyl (C=O) groups excluding carboxylic acids is 7. The highest BCUT2D eigenvalue weighted by Crippen LogP contribution is 2.41. The second-order valence-electron chi connectivity index (χ2n) is 14.0. The molecule has 19 nitrogen and oxygen atoms in total. The smallest absolute Gasteiger partial charge is 0.411 e. The molecule has 318 valence electrons. The van der Waals surface area contributed by atoms with Crippen LogP contribution in [-0.4, -0.2) is 94.4 Å². The van der Waals surface area contributed by atoms with Gasteiger partial charge in [-0.1, -0.05) is 30.7 Å². The van der Waals surface area contributed by atoms with Crippen molar-refractivity contribution in [3.05, 3.63) is 83.5 Å². The van der Waals surface area contributed by atoms with Crippen LogP contribution in [0.4, 0.5) is 21.0 Å². The van der Waals surface area contributed by atoms with Gasteiger partial charge in [-0.2, -0.15) is 0 Å². The van der Waals surface area contributed by atoms with Crippen LogP contribution in [0.25, 0.3) is 12.2 Å². The summed E-state index contributed by atoms with van der Waals surface area (Å²) in [6.07, 6.45) is 9.20. The highest BCUT2D eigenvalue weighted by molar-refractivity contribution is 6.13. The summed E-state index contributed by atoms with van der Waals surface area (Å²) in [5.41, 5.74) is 5.57. The van der Waals surface area contributed by atoms with Crippen molar-refractivity contribution in [3.8, 4) is 0 Å². The number of nitrogens with one attached hydrogen (secondary N) is 5. The molecular formula is C41H47N7O12. The minimum atomic E-state index is -1.37. The molecular weight excluding hydrogens is 782 g/mol. The molecule has 0 spiro atoms. The van der Waals surface area contributed by atoms with Crippen LogP contribution in [0.2, 0.25) is 0 Å². The van der Waals surface area contributed by atoms with Crippen molar-refractivity contribution in [2.24, 2.45) is 11.1 Å². The van der Waals surface area contributed by atoms with E-state index in [1.165, 1.54) is 42.5 Å². The highest BCUT2D eigenvalue weighted by Gasteiger charge is 2.51. The van der Waals surface area contributed by atoms with Gasteiger partial charge in [0.1, 0.15) is 18.1 Å². The van der Waals surface area contributed by atoms with Gasteiger partial charge >= 0.3 is 24.1 Å². The van der Waals surface area contributed by atoms with Crippen molar-refractivity contribution in [2.75, 3.05) is 30.3 Å². The van der Waals surface area contributed by atoms with E-state index in [0.29, 0.717) is 48.1 Å². The van der Waals surface area contributed by atoms with E-state index in [0.717, 1.165) is 17.1 Å². The molecule has 2 aliphatic rings. The predicted molar refractivity (Wildman–Crippen MR) is 216 cm³/mol. The summed E-state index contributed by atoms with van der Waals surface area (Å²) in [4.78, 5) is 111. The maximum Gasteiger partial charge on any atom is 0.411 e. The molecule has 1 saturated carbocycles. The quantitative estimate of drug-likeness (QED) is 0.0368. The Kier molecular flexibility index (Phi) is 16.6. The van der Waals surface area contributed by atoms with E-state index in [2.05, 4.69) is 26.6 Å². The Morgan fingerprint density at radius 3 is 2.10 bits per heavy atom. The molecule has 1 fully saturated rings. The molecule has 60 heavy (non-hydrogen) atoms. The molecule has 0 saturated heterocycles. The molecule has 8 amide bonds. The van der Waals surface area contributed by atoms with Crippen molar-refractivity contribution >= 4 is 77.1 Å². The van der Waals surface area contributed by atoms with Crippen molar-refractivity contribution < 1.29 is 58.1 Å². The minimum Gasteiger partial charge on any atom is -0.478 e. The number of aliphatic carboxylic acids is 2. The summed E-state index contributed by atoms with van der Waals surface area (Å²) < 4.78 is 5.33. The second-order valence-corrected chi connectivity index (χ2v) is 14.0. The predicted octanol–water partition coefficient (Wildman–Crippen LogP) is 2.88. The van der Waals surface area contributed by atoms with Crippen LogP contribution in [0.5, 0.6) is 0 Å². The number of benzene rings is 2. The fraction of sp³-hybridized carbons (Fsp3) is 0.341. The molecule has 0 aromatic heterocycles. The highest BCUT2D eigenvalue weighted by atomic mass is 16.5. The number of nitrogens with two attached hydrogens (primary N) is 1. The third-order valence-corrected chi connectivity index (χ3v) is 9.64. The maximum atomic E-state index is 13.7. The van der Waals surface area contributed by atoms with E-state index in [9.17, 15) is 43.2 Å². The number of carboxylic acids is 2. The molecule has 0 radical (unpaired) electrons. The average Bonchev–Trinajstić information content (AvgIpc) is 3.50. The van der Waals surface area contributed by atoms with Gasteiger partial charge in [-0.05, 0) is 92.0 Å². The number of ether oxygens (including phenoxy) is 1. The van der Waals surface area contributed by atoms with Crippen LogP contribution in [0.3, 0.4) is 0 Å². The maximum absolute atomic E-state index is 13.7. The van der Waals surface area contributed by atoms with E-state index in [-0.39, 0.29) is 69.4 Å². The zero-order valence-corrected chi connectivity index (χ0v) is 32.6. The lowest BCUT2D eigenvalue weighted by molar-refractivity contribution is -0.151. The first kappa shape index (κ1) is 45.4. The first-order valence-corrected chi connectivity index (χ1v) is 19.1. The number of imide groups is 1. The van der Waals surface area contributed by atoms with Crippen molar-refractivity contribution in [2.45, 2.75) is 64.0 Å². The Morgan fingerprint density at radius 2 is 1.47 bits per heavy atom. The van der Waals surface area contributed by atoms with Gasteiger partial charge in [0.25, 0.3) is 11.8 Å². The van der Waals surface area contributed by atoms with E-state index < -0.39 is 53.2 Å². The number of nitrogens with zero attached hydrogens (tertiary/aromatic N) is 1. The Balaban J connectivity index is 1.32. The normalized spacial score (nSPS) is 14.6. The third-order valence-electron chi connectivity index (χ3n) is 9.64. The molecule has 4 rings (SSSR count). The van der Waals surface area contributed by atoms with Crippen LogP contribution in [0.15, 0.2) is 66.8 Å². The van der Waals surface area contributed by atoms with Crippen LogP contribution in [-0.2, 0) is 44.9 Å². The summed E-state index contributed by atoms with van der Waals surface area (Å²) in [5, 5.41) is 31.2. The number of primary amides is 1. The lowest BCUT2D eigenvalue weighted by atomic mass is 9.67. The molecule has 1 aliphatic carbocycles. The van der Waals surface area contributed by atoms with Gasteiger partial charge < -0.3 is 42.0 Å². The lowest BCUT2D eigenvalue weighted by Crippen LogP contribution is -2.58. The molecule has 2 aromatic carbocycles. The van der Waals surface area contributed by atoms with Gasteiger partial charge in [0.2, 0.25) is 17.7 Å². The van der Waals surface area contributed by atoms with Gasteiger partial charge in [0.15, 0.2) is 0 Å². The number of carboxylic acid groups (broad SMARTS) is 2. The van der Waals surface area contributed by atoms with Crippen molar-refractivity contribution in [1.82, 2.24) is 20.9 Å². The van der Waals surface area contributed by atoms with Gasteiger partial charge in [0.05, 0.1) is 5.69 Å². The number of unbranched alkanes of at least 4 members (excludes halogenated alkanes) is 2. The summed E-state index contributed by atoms with van der Waals surface area (Å²) in [5.74, 6) is -4.75. The number of rotatable bonds is 22. The first-order chi connectivity index (χ1) is 28.7. The third kappa shape index (κ3) is 13.7. The largest absolute Gasteiger partial charge is 0.478 e. The van der Waals surface area contributed by atoms with Crippen molar-refractivity contribution in [3.63, 3.8) is 0 Å². The number of carbonyl (C=O) groups is 9. The number of anilines is 2. The van der Waals surface area contributed by atoms with Crippen LogP contribution < -0.4 is 32.3 Å². The van der Waals surface area contributed by atoms with Crippen molar-refractivity contribution in [1.29, 1.82) is 0 Å². The summed E-state index contributed by atoms with van der Waals surface area (Å²) in [6, 6.07) is 8.91. The summed E-state index contributed by atoms with van der Waals surface area (Å²) >= 11 is 0. The number of hydrogen-bond acceptors (Lipinski definition) is 10. The zero-order chi connectivity index (χ0) is 43.7. The molecule has 1 atom stereocenters. The Bertz CT molecular complexity index is 2040. The zero-order valence-electron chi connectivity index (χ0n) is 32.6. The Labute approximate surface area is 344 Å². The molecule has 2 aromatic rings. The van der Waals surface area contributed by atoms with Gasteiger partial charge in [-0.25, -0.2) is 19.2 Å². The minimum absolute atomic E-state index is 0.0979. The number of amides is 8. The topological polar surface area (TPSA) is 293 Å². The Morgan fingerprint density at radius 1 is 0.800 bits per heavy atom. The molecule has 9 N–H and O–H groups in total. The van der Waals surface area contributed by atoms with Gasteiger partial charge in [0, 0.05) is 49.6 Å². The van der Waals surface area contributed by atoms with E-state index >= 15 is 0 Å². The first-order valence-electron chi connectivity index (χ1n) is 19.1. The molecule has 1 heterocycles. The van der Waals surface area contributed by atoms with Crippen LogP contribution in [0, 0.1) is 5.41 Å². The molecule has 0 bridgehead atoms. The fourth-order valence-electron chi connectivity index (χ4n) is 6.23.